The van der Waals surface area contributed by atoms with E-state index in [0.29, 0.717) is 17.3 Å². The second-order valence-corrected chi connectivity index (χ2v) is 7.31. The molecule has 1 saturated heterocycles. The summed E-state index contributed by atoms with van der Waals surface area (Å²) in [6, 6.07) is 7.09. The zero-order valence-electron chi connectivity index (χ0n) is 15.0. The largest absolute Gasteiger partial charge is 0.336 e. The number of hydrogen-bond acceptors (Lipinski definition) is 3. The monoisotopic (exact) mass is 344 g/mol. The molecule has 1 aliphatic heterocycles. The van der Waals surface area contributed by atoms with Crippen molar-refractivity contribution in [1.29, 1.82) is 0 Å². The Labute approximate surface area is 149 Å². The molecule has 136 valence electrons. The van der Waals surface area contributed by atoms with E-state index in [9.17, 15) is 9.59 Å². The minimum absolute atomic E-state index is 0.0416. The predicted octanol–water partition coefficient (Wildman–Crippen LogP) is 3.03. The predicted molar refractivity (Wildman–Crippen MR) is 99.7 cm³/mol. The molecule has 1 aromatic carbocycles. The summed E-state index contributed by atoms with van der Waals surface area (Å²) >= 11 is 0. The summed E-state index contributed by atoms with van der Waals surface area (Å²) in [5.41, 5.74) is 1.27. The van der Waals surface area contributed by atoms with Crippen molar-refractivity contribution in [3.05, 3.63) is 24.3 Å². The molecule has 1 aliphatic carbocycles. The maximum Gasteiger partial charge on any atom is 0.319 e. The third-order valence-electron chi connectivity index (χ3n) is 4.72. The molecule has 3 N–H and O–H groups in total. The molecule has 2 fully saturated rings. The number of para-hydroxylation sites is 2. The molecular weight excluding hydrogens is 316 g/mol. The second kappa shape index (κ2) is 7.87. The van der Waals surface area contributed by atoms with E-state index in [-0.39, 0.29) is 24.0 Å². The molecule has 3 rings (SSSR count). The van der Waals surface area contributed by atoms with Crippen molar-refractivity contribution in [2.75, 3.05) is 23.7 Å². The molecule has 0 radical (unpaired) electrons. The van der Waals surface area contributed by atoms with Crippen LogP contribution in [0.25, 0.3) is 0 Å². The standard InChI is InChI=1S/C19H28N4O2/c1-13(2)20-19(25)22-16-8-4-3-7-15(16)21-18(24)17(14-9-10-14)23-11-5-6-12-23/h3-4,7-8,13-14,17H,5-6,9-12H2,1-2H3,(H,21,24)(H2,20,22,25)/t17-/m1/s1. The van der Waals surface area contributed by atoms with Crippen molar-refractivity contribution < 1.29 is 9.59 Å². The molecule has 0 unspecified atom stereocenters. The fourth-order valence-corrected chi connectivity index (χ4v) is 3.44. The molecule has 6 heteroatoms. The van der Waals surface area contributed by atoms with Gasteiger partial charge in [-0.3, -0.25) is 9.69 Å². The molecule has 0 aromatic heterocycles. The average Bonchev–Trinajstić information content (AvgIpc) is 3.22. The van der Waals surface area contributed by atoms with Crippen LogP contribution in [0.2, 0.25) is 0 Å². The molecule has 1 atom stereocenters. The van der Waals surface area contributed by atoms with Crippen molar-refractivity contribution in [1.82, 2.24) is 10.2 Å². The van der Waals surface area contributed by atoms with Gasteiger partial charge in [0.1, 0.15) is 0 Å². The van der Waals surface area contributed by atoms with Crippen molar-refractivity contribution in [2.45, 2.75) is 51.6 Å². The number of nitrogens with zero attached hydrogens (tertiary/aromatic N) is 1. The Kier molecular flexibility index (Phi) is 5.58. The number of amides is 3. The van der Waals surface area contributed by atoms with Crippen LogP contribution in [0.1, 0.15) is 39.5 Å². The highest BCUT2D eigenvalue weighted by Crippen LogP contribution is 2.37. The van der Waals surface area contributed by atoms with Crippen molar-refractivity contribution in [3.8, 4) is 0 Å². The fraction of sp³-hybridized carbons (Fsp3) is 0.579. The summed E-state index contributed by atoms with van der Waals surface area (Å²) in [7, 11) is 0. The SMILES string of the molecule is CC(C)NC(=O)Nc1ccccc1NC(=O)[C@@H](C1CC1)N1CCCC1. The van der Waals surface area contributed by atoms with Crippen LogP contribution in [-0.2, 0) is 4.79 Å². The number of carbonyl (C=O) groups is 2. The van der Waals surface area contributed by atoms with Gasteiger partial charge in [-0.1, -0.05) is 12.1 Å². The van der Waals surface area contributed by atoms with E-state index in [0.717, 1.165) is 25.9 Å². The first-order valence-corrected chi connectivity index (χ1v) is 9.26. The number of carbonyl (C=O) groups excluding carboxylic acids is 2. The first kappa shape index (κ1) is 17.7. The van der Waals surface area contributed by atoms with Gasteiger partial charge in [-0.2, -0.15) is 0 Å². The summed E-state index contributed by atoms with van der Waals surface area (Å²) in [4.78, 5) is 27.2. The van der Waals surface area contributed by atoms with Crippen LogP contribution < -0.4 is 16.0 Å². The molecule has 2 aliphatic rings. The summed E-state index contributed by atoms with van der Waals surface area (Å²) in [5.74, 6) is 0.519. The van der Waals surface area contributed by atoms with Gasteiger partial charge < -0.3 is 16.0 Å². The highest BCUT2D eigenvalue weighted by molar-refractivity contribution is 6.01. The molecule has 1 heterocycles. The quantitative estimate of drug-likeness (QED) is 0.743. The van der Waals surface area contributed by atoms with Gasteiger partial charge >= 0.3 is 6.03 Å². The molecular formula is C19H28N4O2. The number of urea groups is 1. The number of benzene rings is 1. The average molecular weight is 344 g/mol. The smallest absolute Gasteiger partial charge is 0.319 e. The Balaban J connectivity index is 1.69. The lowest BCUT2D eigenvalue weighted by Gasteiger charge is -2.27. The third-order valence-corrected chi connectivity index (χ3v) is 4.72. The zero-order valence-corrected chi connectivity index (χ0v) is 15.0. The summed E-state index contributed by atoms with van der Waals surface area (Å²) < 4.78 is 0. The van der Waals surface area contributed by atoms with Gasteiger partial charge in [0.15, 0.2) is 0 Å². The highest BCUT2D eigenvalue weighted by atomic mass is 16.2. The number of anilines is 2. The van der Waals surface area contributed by atoms with E-state index in [1.165, 1.54) is 12.8 Å². The van der Waals surface area contributed by atoms with Gasteiger partial charge in [-0.15, -0.1) is 0 Å². The lowest BCUT2D eigenvalue weighted by Crippen LogP contribution is -2.44. The lowest BCUT2D eigenvalue weighted by atomic mass is 10.1. The summed E-state index contributed by atoms with van der Waals surface area (Å²) in [6.45, 7) is 5.82. The van der Waals surface area contributed by atoms with Gasteiger partial charge in [-0.25, -0.2) is 4.79 Å². The van der Waals surface area contributed by atoms with E-state index >= 15 is 0 Å². The Morgan fingerprint density at radius 1 is 1.04 bits per heavy atom. The van der Waals surface area contributed by atoms with Crippen molar-refractivity contribution in [3.63, 3.8) is 0 Å². The summed E-state index contributed by atoms with van der Waals surface area (Å²) in [6.07, 6.45) is 4.60. The van der Waals surface area contributed by atoms with Gasteiger partial charge in [-0.05, 0) is 70.7 Å². The molecule has 1 aromatic rings. The molecule has 0 bridgehead atoms. The first-order valence-electron chi connectivity index (χ1n) is 9.26. The second-order valence-electron chi connectivity index (χ2n) is 7.31. The zero-order chi connectivity index (χ0) is 17.8. The van der Waals surface area contributed by atoms with Crippen LogP contribution in [-0.4, -0.2) is 42.0 Å². The van der Waals surface area contributed by atoms with Crippen molar-refractivity contribution in [2.24, 2.45) is 5.92 Å². The van der Waals surface area contributed by atoms with Crippen LogP contribution in [0.3, 0.4) is 0 Å². The van der Waals surface area contributed by atoms with Crippen LogP contribution in [0.4, 0.5) is 16.2 Å². The topological polar surface area (TPSA) is 73.5 Å². The van der Waals surface area contributed by atoms with Crippen LogP contribution in [0, 0.1) is 5.92 Å². The van der Waals surface area contributed by atoms with E-state index in [2.05, 4.69) is 20.9 Å². The normalized spacial score (nSPS) is 18.8. The Hall–Kier alpha value is -2.08. The van der Waals surface area contributed by atoms with Gasteiger partial charge in [0.05, 0.1) is 17.4 Å². The maximum atomic E-state index is 12.9. The number of rotatable bonds is 6. The Morgan fingerprint density at radius 2 is 1.64 bits per heavy atom. The molecule has 25 heavy (non-hydrogen) atoms. The number of hydrogen-bond donors (Lipinski definition) is 3. The van der Waals surface area contributed by atoms with Gasteiger partial charge in [0.25, 0.3) is 0 Å². The Morgan fingerprint density at radius 3 is 2.20 bits per heavy atom. The molecule has 6 nitrogen and oxygen atoms in total. The van der Waals surface area contributed by atoms with E-state index in [1.807, 2.05) is 32.0 Å². The number of likely N-dealkylation sites (tertiary alicyclic amines) is 1. The maximum absolute atomic E-state index is 12.9. The minimum Gasteiger partial charge on any atom is -0.336 e. The van der Waals surface area contributed by atoms with Crippen LogP contribution in [0.5, 0.6) is 0 Å². The van der Waals surface area contributed by atoms with Gasteiger partial charge in [0.2, 0.25) is 5.91 Å². The molecule has 3 amide bonds. The molecule has 1 saturated carbocycles. The van der Waals surface area contributed by atoms with Gasteiger partial charge in [0, 0.05) is 6.04 Å². The van der Waals surface area contributed by atoms with Crippen LogP contribution >= 0.6 is 0 Å². The van der Waals surface area contributed by atoms with E-state index in [4.69, 9.17) is 0 Å². The van der Waals surface area contributed by atoms with Crippen molar-refractivity contribution >= 4 is 23.3 Å². The van der Waals surface area contributed by atoms with E-state index < -0.39 is 0 Å². The molecule has 0 spiro atoms. The number of nitrogens with one attached hydrogen (secondary N) is 3. The lowest BCUT2D eigenvalue weighted by molar-refractivity contribution is -0.121. The highest BCUT2D eigenvalue weighted by Gasteiger charge is 2.41. The first-order chi connectivity index (χ1) is 12.0. The minimum atomic E-state index is -0.269. The summed E-state index contributed by atoms with van der Waals surface area (Å²) in [5, 5.41) is 8.66. The fourth-order valence-electron chi connectivity index (χ4n) is 3.44. The van der Waals surface area contributed by atoms with Crippen LogP contribution in [0.15, 0.2) is 24.3 Å². The van der Waals surface area contributed by atoms with E-state index in [1.54, 1.807) is 6.07 Å². The Bertz CT molecular complexity index is 622. The third kappa shape index (κ3) is 4.72.